The minimum atomic E-state index is -0.379. The lowest BCUT2D eigenvalue weighted by Crippen LogP contribution is -2.22. The number of amides is 1. The summed E-state index contributed by atoms with van der Waals surface area (Å²) in [6, 6.07) is 4.74. The zero-order chi connectivity index (χ0) is 11.4. The fourth-order valence-corrected chi connectivity index (χ4v) is 2.17. The lowest BCUT2D eigenvalue weighted by Gasteiger charge is -2.07. The van der Waals surface area contributed by atoms with Crippen molar-refractivity contribution in [1.82, 2.24) is 0 Å². The third-order valence-electron chi connectivity index (χ3n) is 1.90. The first-order valence-electron chi connectivity index (χ1n) is 4.35. The van der Waals surface area contributed by atoms with E-state index in [4.69, 9.17) is 5.73 Å². The first-order valence-corrected chi connectivity index (χ1v) is 6.19. The van der Waals surface area contributed by atoms with Gasteiger partial charge in [0, 0.05) is 10.2 Å². The maximum atomic E-state index is 13.3. The first-order chi connectivity index (χ1) is 7.00. The van der Waals surface area contributed by atoms with Crippen LogP contribution in [-0.2, 0) is 10.5 Å². The number of primary amides is 1. The van der Waals surface area contributed by atoms with Gasteiger partial charge in [0.15, 0.2) is 0 Å². The van der Waals surface area contributed by atoms with Crippen molar-refractivity contribution in [3.63, 3.8) is 0 Å². The molecule has 1 amide bonds. The zero-order valence-corrected chi connectivity index (χ0v) is 10.6. The predicted molar refractivity (Wildman–Crippen MR) is 64.1 cm³/mol. The molecule has 1 atom stereocenters. The van der Waals surface area contributed by atoms with Crippen LogP contribution in [0.3, 0.4) is 0 Å². The summed E-state index contributed by atoms with van der Waals surface area (Å²) in [5.41, 5.74) is 5.68. The summed E-state index contributed by atoms with van der Waals surface area (Å²) >= 11 is 4.59. The molecule has 1 rings (SSSR count). The molecule has 82 valence electrons. The van der Waals surface area contributed by atoms with Gasteiger partial charge in [-0.25, -0.2) is 4.39 Å². The van der Waals surface area contributed by atoms with Crippen molar-refractivity contribution >= 4 is 33.6 Å². The Hall–Kier alpha value is -0.550. The van der Waals surface area contributed by atoms with E-state index in [0.717, 1.165) is 4.47 Å². The van der Waals surface area contributed by atoms with Gasteiger partial charge in [0.25, 0.3) is 0 Å². The number of rotatable bonds is 4. The zero-order valence-electron chi connectivity index (χ0n) is 8.17. The van der Waals surface area contributed by atoms with Gasteiger partial charge >= 0.3 is 0 Å². The molecule has 2 nitrogen and oxygen atoms in total. The van der Waals surface area contributed by atoms with Crippen molar-refractivity contribution in [2.45, 2.75) is 17.9 Å². The average Bonchev–Trinajstić information content (AvgIpc) is 2.18. The van der Waals surface area contributed by atoms with E-state index in [2.05, 4.69) is 15.9 Å². The molecule has 0 saturated heterocycles. The fraction of sp³-hybridized carbons (Fsp3) is 0.300. The van der Waals surface area contributed by atoms with Gasteiger partial charge in [0.2, 0.25) is 5.91 Å². The van der Waals surface area contributed by atoms with E-state index in [1.165, 1.54) is 17.8 Å². The summed E-state index contributed by atoms with van der Waals surface area (Å²) in [7, 11) is 0. The van der Waals surface area contributed by atoms with Crippen LogP contribution in [0.2, 0.25) is 0 Å². The third-order valence-corrected chi connectivity index (χ3v) is 3.60. The van der Waals surface area contributed by atoms with Gasteiger partial charge < -0.3 is 5.73 Å². The van der Waals surface area contributed by atoms with E-state index >= 15 is 0 Å². The largest absolute Gasteiger partial charge is 0.369 e. The number of thioether (sulfide) groups is 1. The molecule has 5 heteroatoms. The van der Waals surface area contributed by atoms with Crippen molar-refractivity contribution in [3.05, 3.63) is 34.1 Å². The molecular weight excluding hydrogens is 281 g/mol. The van der Waals surface area contributed by atoms with Crippen molar-refractivity contribution < 1.29 is 9.18 Å². The Morgan fingerprint density at radius 3 is 2.93 bits per heavy atom. The third kappa shape index (κ3) is 3.83. The standard InChI is InChI=1S/C10H11BrFNOS/c1-6(10(13)14)15-5-7-4-8(11)2-3-9(7)12/h2-4,6H,5H2,1H3,(H2,13,14)/t6-/m0/s1. The maximum absolute atomic E-state index is 13.3. The lowest BCUT2D eigenvalue weighted by atomic mass is 10.2. The molecular formula is C10H11BrFNOS. The van der Waals surface area contributed by atoms with Gasteiger partial charge in [0.1, 0.15) is 5.82 Å². The highest BCUT2D eigenvalue weighted by Crippen LogP contribution is 2.22. The molecule has 0 heterocycles. The van der Waals surface area contributed by atoms with Gasteiger partial charge in [-0.2, -0.15) is 0 Å². The number of hydrogen-bond donors (Lipinski definition) is 1. The van der Waals surface area contributed by atoms with Crippen molar-refractivity contribution in [2.24, 2.45) is 5.73 Å². The Labute approximate surface area is 101 Å². The Kier molecular flexibility index (Phi) is 4.60. The summed E-state index contributed by atoms with van der Waals surface area (Å²) in [5, 5.41) is -0.302. The highest BCUT2D eigenvalue weighted by Gasteiger charge is 2.10. The van der Waals surface area contributed by atoms with Gasteiger partial charge in [-0.1, -0.05) is 15.9 Å². The van der Waals surface area contributed by atoms with Crippen molar-refractivity contribution in [3.8, 4) is 0 Å². The van der Waals surface area contributed by atoms with Gasteiger partial charge in [0.05, 0.1) is 5.25 Å². The second-order valence-corrected chi connectivity index (χ2v) is 5.34. The monoisotopic (exact) mass is 291 g/mol. The van der Waals surface area contributed by atoms with Gasteiger partial charge in [-0.15, -0.1) is 11.8 Å². The second-order valence-electron chi connectivity index (χ2n) is 3.09. The SMILES string of the molecule is C[C@H](SCc1cc(Br)ccc1F)C(N)=O. The van der Waals surface area contributed by atoms with E-state index in [0.29, 0.717) is 11.3 Å². The predicted octanol–water partition coefficient (Wildman–Crippen LogP) is 2.70. The molecule has 2 N–H and O–H groups in total. The van der Waals surface area contributed by atoms with Crippen molar-refractivity contribution in [2.75, 3.05) is 0 Å². The summed E-state index contributed by atoms with van der Waals surface area (Å²) in [5.74, 6) is -0.201. The van der Waals surface area contributed by atoms with Crippen LogP contribution in [0.25, 0.3) is 0 Å². The normalized spacial score (nSPS) is 12.5. The minimum Gasteiger partial charge on any atom is -0.369 e. The molecule has 0 unspecified atom stereocenters. The molecule has 0 radical (unpaired) electrons. The quantitative estimate of drug-likeness (QED) is 0.927. The highest BCUT2D eigenvalue weighted by molar-refractivity contribution is 9.10. The average molecular weight is 292 g/mol. The minimum absolute atomic E-state index is 0.262. The van der Waals surface area contributed by atoms with Crippen LogP contribution < -0.4 is 5.73 Å². The van der Waals surface area contributed by atoms with Crippen LogP contribution in [0.4, 0.5) is 4.39 Å². The van der Waals surface area contributed by atoms with E-state index in [1.807, 2.05) is 0 Å². The van der Waals surface area contributed by atoms with E-state index < -0.39 is 0 Å². The van der Waals surface area contributed by atoms with Gasteiger partial charge in [-0.3, -0.25) is 4.79 Å². The Morgan fingerprint density at radius 2 is 2.33 bits per heavy atom. The summed E-state index contributed by atoms with van der Waals surface area (Å²) in [6.07, 6.45) is 0. The Balaban J connectivity index is 2.65. The van der Waals surface area contributed by atoms with Crippen LogP contribution in [0.15, 0.2) is 22.7 Å². The molecule has 0 fully saturated rings. The number of halogens is 2. The molecule has 0 aliphatic rings. The Morgan fingerprint density at radius 1 is 1.67 bits per heavy atom. The Bertz CT molecular complexity index is 372. The molecule has 0 bridgehead atoms. The number of benzene rings is 1. The molecule has 1 aromatic carbocycles. The van der Waals surface area contributed by atoms with E-state index in [-0.39, 0.29) is 17.0 Å². The highest BCUT2D eigenvalue weighted by atomic mass is 79.9. The number of nitrogens with two attached hydrogens (primary N) is 1. The molecule has 1 aromatic rings. The van der Waals surface area contributed by atoms with Crippen molar-refractivity contribution in [1.29, 1.82) is 0 Å². The molecule has 0 aliphatic carbocycles. The topological polar surface area (TPSA) is 43.1 Å². The number of carbonyl (C=O) groups excluding carboxylic acids is 1. The summed E-state index contributed by atoms with van der Waals surface area (Å²) < 4.78 is 14.1. The molecule has 0 spiro atoms. The fourth-order valence-electron chi connectivity index (χ4n) is 0.951. The molecule has 0 saturated carbocycles. The molecule has 0 aliphatic heterocycles. The van der Waals surface area contributed by atoms with Crippen LogP contribution in [0.5, 0.6) is 0 Å². The smallest absolute Gasteiger partial charge is 0.230 e. The lowest BCUT2D eigenvalue weighted by molar-refractivity contribution is -0.117. The van der Waals surface area contributed by atoms with E-state index in [9.17, 15) is 9.18 Å². The summed E-state index contributed by atoms with van der Waals surface area (Å²) in [6.45, 7) is 1.71. The van der Waals surface area contributed by atoms with Gasteiger partial charge in [-0.05, 0) is 30.7 Å². The van der Waals surface area contributed by atoms with Crippen LogP contribution >= 0.6 is 27.7 Å². The van der Waals surface area contributed by atoms with Crippen LogP contribution in [0, 0.1) is 5.82 Å². The number of hydrogen-bond acceptors (Lipinski definition) is 2. The van der Waals surface area contributed by atoms with Crippen LogP contribution in [0.1, 0.15) is 12.5 Å². The second kappa shape index (κ2) is 5.51. The molecule has 15 heavy (non-hydrogen) atoms. The van der Waals surface area contributed by atoms with Crippen LogP contribution in [-0.4, -0.2) is 11.2 Å². The summed E-state index contributed by atoms with van der Waals surface area (Å²) in [4.78, 5) is 10.8. The van der Waals surface area contributed by atoms with E-state index in [1.54, 1.807) is 19.1 Å². The molecule has 0 aromatic heterocycles. The first kappa shape index (κ1) is 12.5. The maximum Gasteiger partial charge on any atom is 0.230 e. The number of carbonyl (C=O) groups is 1.